The number of pyridine rings is 2. The Balaban J connectivity index is 1.15. The van der Waals surface area contributed by atoms with E-state index in [1.54, 1.807) is 32.7 Å². The van der Waals surface area contributed by atoms with Crippen LogP contribution in [0.3, 0.4) is 0 Å². The van der Waals surface area contributed by atoms with Crippen molar-refractivity contribution >= 4 is 17.2 Å². The predicted octanol–water partition coefficient (Wildman–Crippen LogP) is 4.03. The molecule has 3 aliphatic heterocycles. The first-order valence-corrected chi connectivity index (χ1v) is 13.2. The van der Waals surface area contributed by atoms with Crippen LogP contribution >= 0.6 is 0 Å². The molecule has 9 nitrogen and oxygen atoms in total. The molecule has 3 saturated heterocycles. The molecule has 206 valence electrons. The zero-order chi connectivity index (χ0) is 29.1. The molecule has 0 radical (unpaired) electrons. The molecule has 2 bridgehead atoms. The van der Waals surface area contributed by atoms with Gasteiger partial charge in [0.05, 0.1) is 35.6 Å². The first-order valence-electron chi connectivity index (χ1n) is 13.2. The summed E-state index contributed by atoms with van der Waals surface area (Å²) in [6.45, 7) is 0.977. The second-order valence-corrected chi connectivity index (χ2v) is 10.5. The number of fused-ring (bicyclic) bond motifs is 3. The minimum atomic E-state index is -0.952. The third kappa shape index (κ3) is 3.98. The highest BCUT2D eigenvalue weighted by Gasteiger charge is 2.48. The molecule has 2 unspecified atom stereocenters. The minimum absolute atomic E-state index is 0.0488. The highest BCUT2D eigenvalue weighted by Crippen LogP contribution is 2.37. The van der Waals surface area contributed by atoms with E-state index in [1.165, 1.54) is 0 Å². The second kappa shape index (κ2) is 9.53. The van der Waals surface area contributed by atoms with Crippen LogP contribution in [0, 0.1) is 35.3 Å². The lowest BCUT2D eigenvalue weighted by Crippen LogP contribution is -2.70. The third-order valence-electron chi connectivity index (χ3n) is 8.00. The molecule has 42 heavy (non-hydrogen) atoms. The lowest BCUT2D eigenvalue weighted by atomic mass is 9.86. The molecule has 8 rings (SSSR count). The smallest absolute Gasteiger partial charge is 0.260 e. The molecule has 0 spiro atoms. The van der Waals surface area contributed by atoms with Crippen LogP contribution in [0.25, 0.3) is 27.8 Å². The largest absolute Gasteiger partial charge is 0.352 e. The van der Waals surface area contributed by atoms with E-state index in [0.29, 0.717) is 24.2 Å². The number of carbonyl (C=O) groups is 1. The monoisotopic (exact) mass is 560 g/mol. The van der Waals surface area contributed by atoms with Crippen molar-refractivity contribution in [1.82, 2.24) is 29.3 Å². The van der Waals surface area contributed by atoms with Crippen molar-refractivity contribution in [2.45, 2.75) is 18.5 Å². The first kappa shape index (κ1) is 25.4. The summed E-state index contributed by atoms with van der Waals surface area (Å²) in [4.78, 5) is 21.5. The Bertz CT molecular complexity index is 1950. The van der Waals surface area contributed by atoms with Crippen LogP contribution in [0.4, 0.5) is 14.6 Å². The Morgan fingerprint density at radius 3 is 2.38 bits per heavy atom. The maximum absolute atomic E-state index is 14.6. The zero-order valence-electron chi connectivity index (χ0n) is 22.4. The molecule has 11 heteroatoms. The van der Waals surface area contributed by atoms with Crippen molar-refractivity contribution in [1.29, 1.82) is 5.26 Å². The number of aryl methyl sites for hydroxylation is 1. The quantitative estimate of drug-likeness (QED) is 0.308. The van der Waals surface area contributed by atoms with Gasteiger partial charge >= 0.3 is 0 Å². The summed E-state index contributed by atoms with van der Waals surface area (Å²) in [5.74, 6) is 0.353. The van der Waals surface area contributed by atoms with E-state index in [0.717, 1.165) is 46.6 Å². The summed E-state index contributed by atoms with van der Waals surface area (Å²) in [7, 11) is 1.85. The number of rotatable bonds is 4. The summed E-state index contributed by atoms with van der Waals surface area (Å²) in [5, 5.41) is 18.4. The molecule has 3 aliphatic rings. The highest BCUT2D eigenvalue weighted by atomic mass is 19.1. The number of carbonyl (C=O) groups excluding carboxylic acids is 1. The molecule has 7 heterocycles. The van der Waals surface area contributed by atoms with Gasteiger partial charge in [-0.15, -0.1) is 6.42 Å². The maximum atomic E-state index is 14.6. The fourth-order valence-corrected chi connectivity index (χ4v) is 6.00. The topological polar surface area (TPSA) is 95.4 Å². The highest BCUT2D eigenvalue weighted by molar-refractivity contribution is 5.96. The Morgan fingerprint density at radius 2 is 1.76 bits per heavy atom. The summed E-state index contributed by atoms with van der Waals surface area (Å²) >= 11 is 0. The van der Waals surface area contributed by atoms with Crippen LogP contribution in [-0.4, -0.2) is 60.4 Å². The van der Waals surface area contributed by atoms with Crippen molar-refractivity contribution < 1.29 is 13.6 Å². The van der Waals surface area contributed by atoms with Gasteiger partial charge in [0, 0.05) is 66.5 Å². The summed E-state index contributed by atoms with van der Waals surface area (Å²) in [6, 6.07) is 9.70. The van der Waals surface area contributed by atoms with Crippen LogP contribution < -0.4 is 4.90 Å². The Labute approximate surface area is 239 Å². The van der Waals surface area contributed by atoms with Gasteiger partial charge in [0.15, 0.2) is 0 Å². The van der Waals surface area contributed by atoms with Gasteiger partial charge in [-0.2, -0.15) is 15.5 Å². The number of piperazine rings is 1. The van der Waals surface area contributed by atoms with Gasteiger partial charge in [-0.05, 0) is 36.8 Å². The third-order valence-corrected chi connectivity index (χ3v) is 8.00. The maximum Gasteiger partial charge on any atom is 0.260 e. The fraction of sp³-hybridized carbons (Fsp3) is 0.194. The standard InChI is InChI=1S/C31H22F2N8O/c1-3-18-6-26(32)29(27(33)7-18)31(42)41-23-9-24(41)17-39(16-23)28-5-4-19(11-35-28)25-8-20(22-13-36-38(2)14-22)15-40-30(25)21(10-34)12-37-40/h1,4-8,11-15,23-24H,9,16-17H2,2H3. The molecule has 5 aromatic rings. The molecule has 1 amide bonds. The number of anilines is 1. The van der Waals surface area contributed by atoms with Gasteiger partial charge < -0.3 is 9.80 Å². The molecule has 3 fully saturated rings. The van der Waals surface area contributed by atoms with Gasteiger partial charge in [-0.25, -0.2) is 18.3 Å². The van der Waals surface area contributed by atoms with Crippen molar-refractivity contribution in [3.8, 4) is 40.7 Å². The van der Waals surface area contributed by atoms with Crippen molar-refractivity contribution in [2.24, 2.45) is 7.05 Å². The molecule has 2 atom stereocenters. The summed E-state index contributed by atoms with van der Waals surface area (Å²) in [6.07, 6.45) is 14.9. The Hall–Kier alpha value is -5.55. The zero-order valence-corrected chi connectivity index (χ0v) is 22.4. The van der Waals surface area contributed by atoms with Gasteiger partial charge in [-0.3, -0.25) is 9.48 Å². The average molecular weight is 561 g/mol. The van der Waals surface area contributed by atoms with E-state index in [-0.39, 0.29) is 17.6 Å². The molecule has 1 aromatic carbocycles. The number of aromatic nitrogens is 5. The number of benzene rings is 1. The number of halogens is 2. The lowest BCUT2D eigenvalue weighted by molar-refractivity contribution is 0.00497. The number of terminal acetylenes is 1. The molecule has 0 aliphatic carbocycles. The van der Waals surface area contributed by atoms with E-state index < -0.39 is 23.1 Å². The number of hydrogen-bond donors (Lipinski definition) is 0. The van der Waals surface area contributed by atoms with Crippen LogP contribution in [0.15, 0.2) is 61.3 Å². The molecule has 4 aromatic heterocycles. The van der Waals surface area contributed by atoms with Gasteiger partial charge in [-0.1, -0.05) is 5.92 Å². The van der Waals surface area contributed by atoms with Crippen molar-refractivity contribution in [3.05, 3.63) is 89.6 Å². The SMILES string of the molecule is C#Cc1cc(F)c(C(=O)N2C3CC2CN(c2ccc(-c4cc(-c5cnn(C)c5)cn5ncc(C#N)c45)cn2)C3)c(F)c1. The van der Waals surface area contributed by atoms with E-state index in [1.807, 2.05) is 37.6 Å². The van der Waals surface area contributed by atoms with E-state index >= 15 is 0 Å². The van der Waals surface area contributed by atoms with E-state index in [4.69, 9.17) is 11.4 Å². The van der Waals surface area contributed by atoms with Crippen LogP contribution in [0.1, 0.15) is 27.9 Å². The van der Waals surface area contributed by atoms with Crippen LogP contribution in [0.2, 0.25) is 0 Å². The normalized spacial score (nSPS) is 17.5. The first-order chi connectivity index (χ1) is 20.3. The summed E-state index contributed by atoms with van der Waals surface area (Å²) in [5.41, 5.74) is 4.04. The van der Waals surface area contributed by atoms with Gasteiger partial charge in [0.1, 0.15) is 29.1 Å². The molecular formula is C31H22F2N8O. The molecule has 0 saturated carbocycles. The number of nitriles is 1. The Kier molecular flexibility index (Phi) is 5.77. The van der Waals surface area contributed by atoms with Crippen molar-refractivity contribution in [2.75, 3.05) is 18.0 Å². The second-order valence-electron chi connectivity index (χ2n) is 10.5. The average Bonchev–Trinajstić information content (AvgIpc) is 3.62. The number of piperidine rings is 1. The van der Waals surface area contributed by atoms with E-state index in [2.05, 4.69) is 27.1 Å². The number of amides is 1. The van der Waals surface area contributed by atoms with Gasteiger partial charge in [0.2, 0.25) is 0 Å². The van der Waals surface area contributed by atoms with Gasteiger partial charge in [0.25, 0.3) is 5.91 Å². The van der Waals surface area contributed by atoms with E-state index in [9.17, 15) is 18.8 Å². The minimum Gasteiger partial charge on any atom is -0.352 e. The predicted molar refractivity (Wildman–Crippen MR) is 150 cm³/mol. The molecular weight excluding hydrogens is 538 g/mol. The number of nitrogens with zero attached hydrogens (tertiary/aromatic N) is 8. The fourth-order valence-electron chi connectivity index (χ4n) is 6.00. The Morgan fingerprint density at radius 1 is 1.00 bits per heavy atom. The van der Waals surface area contributed by atoms with Crippen LogP contribution in [-0.2, 0) is 7.05 Å². The van der Waals surface area contributed by atoms with Crippen molar-refractivity contribution in [3.63, 3.8) is 0 Å². The lowest BCUT2D eigenvalue weighted by Gasteiger charge is -2.56. The number of hydrogen-bond acceptors (Lipinski definition) is 6. The summed E-state index contributed by atoms with van der Waals surface area (Å²) < 4.78 is 32.6. The van der Waals surface area contributed by atoms with Crippen LogP contribution in [0.5, 0.6) is 0 Å². The molecule has 0 N–H and O–H groups in total.